The normalized spacial score (nSPS) is 35.2. The first-order valence-corrected chi connectivity index (χ1v) is 6.21. The number of hydrogen-bond donors (Lipinski definition) is 1. The predicted octanol–water partition coefficient (Wildman–Crippen LogP) is 2.23. The topological polar surface area (TPSA) is 63.6 Å². The van der Waals surface area contributed by atoms with Gasteiger partial charge in [-0.2, -0.15) is 13.2 Å². The fourth-order valence-electron chi connectivity index (χ4n) is 3.31. The number of hydrogen-bond acceptors (Lipinski definition) is 3. The van der Waals surface area contributed by atoms with Gasteiger partial charge in [-0.1, -0.05) is 0 Å². The third-order valence-corrected chi connectivity index (χ3v) is 4.23. The van der Waals surface area contributed by atoms with Crippen molar-refractivity contribution >= 4 is 11.9 Å². The van der Waals surface area contributed by atoms with Crippen molar-refractivity contribution in [2.24, 2.45) is 23.7 Å². The van der Waals surface area contributed by atoms with Gasteiger partial charge >= 0.3 is 18.1 Å². The summed E-state index contributed by atoms with van der Waals surface area (Å²) in [5, 5.41) is 9.12. The summed E-state index contributed by atoms with van der Waals surface area (Å²) in [4.78, 5) is 23.0. The molecule has 2 aliphatic carbocycles. The standard InChI is InChI=1S/C12H15F3O4/c1-5(12(13,14)15)19-11(18)9-7-3-2-6(4-7)8(9)10(16)17/h5-9H,2-4H2,1H3,(H,16,17). The highest BCUT2D eigenvalue weighted by Crippen LogP contribution is 2.53. The highest BCUT2D eigenvalue weighted by atomic mass is 19.4. The van der Waals surface area contributed by atoms with Crippen molar-refractivity contribution in [2.45, 2.75) is 38.5 Å². The molecule has 2 rings (SSSR count). The number of carbonyl (C=O) groups is 2. The van der Waals surface area contributed by atoms with Gasteiger partial charge in [0.25, 0.3) is 0 Å². The number of carbonyl (C=O) groups excluding carboxylic acids is 1. The van der Waals surface area contributed by atoms with Crippen LogP contribution in [0.1, 0.15) is 26.2 Å². The number of fused-ring (bicyclic) bond motifs is 2. The van der Waals surface area contributed by atoms with E-state index in [0.29, 0.717) is 12.8 Å². The number of alkyl halides is 3. The highest BCUT2D eigenvalue weighted by molar-refractivity contribution is 5.82. The van der Waals surface area contributed by atoms with E-state index in [1.807, 2.05) is 0 Å². The van der Waals surface area contributed by atoms with Crippen LogP contribution >= 0.6 is 0 Å². The Balaban J connectivity index is 2.08. The van der Waals surface area contributed by atoms with Crippen LogP contribution in [0.25, 0.3) is 0 Å². The maximum Gasteiger partial charge on any atom is 0.425 e. The summed E-state index contributed by atoms with van der Waals surface area (Å²) in [5.41, 5.74) is 0. The van der Waals surface area contributed by atoms with Crippen molar-refractivity contribution in [3.63, 3.8) is 0 Å². The van der Waals surface area contributed by atoms with Crippen LogP contribution < -0.4 is 0 Å². The molecule has 0 aliphatic heterocycles. The first kappa shape index (κ1) is 14.1. The molecular formula is C12H15F3O4. The molecular weight excluding hydrogens is 265 g/mol. The summed E-state index contributed by atoms with van der Waals surface area (Å²) in [6, 6.07) is 0. The number of esters is 1. The fraction of sp³-hybridized carbons (Fsp3) is 0.833. The molecule has 4 nitrogen and oxygen atoms in total. The minimum atomic E-state index is -4.62. The second-order valence-electron chi connectivity index (χ2n) is 5.34. The number of rotatable bonds is 3. The maximum absolute atomic E-state index is 12.3. The van der Waals surface area contributed by atoms with Crippen molar-refractivity contribution in [2.75, 3.05) is 0 Å². The van der Waals surface area contributed by atoms with Crippen LogP contribution in [0.2, 0.25) is 0 Å². The molecule has 0 heterocycles. The molecule has 2 aliphatic rings. The minimum Gasteiger partial charge on any atom is -0.481 e. The molecule has 0 aromatic rings. The molecule has 0 radical (unpaired) electrons. The van der Waals surface area contributed by atoms with E-state index in [1.165, 1.54) is 0 Å². The van der Waals surface area contributed by atoms with Crippen molar-refractivity contribution < 1.29 is 32.6 Å². The second-order valence-corrected chi connectivity index (χ2v) is 5.34. The Morgan fingerprint density at radius 3 is 2.21 bits per heavy atom. The molecule has 2 fully saturated rings. The van der Waals surface area contributed by atoms with Gasteiger partial charge < -0.3 is 9.84 Å². The van der Waals surface area contributed by atoms with Crippen LogP contribution in [0.5, 0.6) is 0 Å². The van der Waals surface area contributed by atoms with Crippen LogP contribution in [0.4, 0.5) is 13.2 Å². The number of carboxylic acid groups (broad SMARTS) is 1. The van der Waals surface area contributed by atoms with Gasteiger partial charge in [-0.3, -0.25) is 9.59 Å². The maximum atomic E-state index is 12.3. The molecule has 19 heavy (non-hydrogen) atoms. The zero-order valence-corrected chi connectivity index (χ0v) is 10.3. The lowest BCUT2D eigenvalue weighted by atomic mass is 9.79. The van der Waals surface area contributed by atoms with E-state index in [-0.39, 0.29) is 11.8 Å². The Kier molecular flexibility index (Phi) is 3.49. The third-order valence-electron chi connectivity index (χ3n) is 4.23. The molecule has 0 amide bonds. The molecule has 5 atom stereocenters. The first-order valence-electron chi connectivity index (χ1n) is 6.21. The highest BCUT2D eigenvalue weighted by Gasteiger charge is 2.55. The number of ether oxygens (including phenoxy) is 1. The van der Waals surface area contributed by atoms with Gasteiger partial charge in [0.05, 0.1) is 11.8 Å². The SMILES string of the molecule is CC(OC(=O)C1C2CCC(C2)C1C(=O)O)C(F)(F)F. The Morgan fingerprint density at radius 2 is 1.74 bits per heavy atom. The van der Waals surface area contributed by atoms with Gasteiger partial charge in [-0.25, -0.2) is 0 Å². The van der Waals surface area contributed by atoms with Crippen molar-refractivity contribution in [1.29, 1.82) is 0 Å². The Hall–Kier alpha value is -1.27. The van der Waals surface area contributed by atoms with E-state index in [0.717, 1.165) is 13.3 Å². The van der Waals surface area contributed by atoms with Crippen LogP contribution in [-0.4, -0.2) is 29.3 Å². The van der Waals surface area contributed by atoms with E-state index >= 15 is 0 Å². The fourth-order valence-corrected chi connectivity index (χ4v) is 3.31. The summed E-state index contributed by atoms with van der Waals surface area (Å²) in [6.45, 7) is 0.751. The summed E-state index contributed by atoms with van der Waals surface area (Å²) in [6.07, 6.45) is -4.81. The Morgan fingerprint density at radius 1 is 1.21 bits per heavy atom. The van der Waals surface area contributed by atoms with Crippen LogP contribution in [0.15, 0.2) is 0 Å². The van der Waals surface area contributed by atoms with E-state index in [2.05, 4.69) is 4.74 Å². The average molecular weight is 280 g/mol. The van der Waals surface area contributed by atoms with Crippen molar-refractivity contribution in [1.82, 2.24) is 0 Å². The lowest BCUT2D eigenvalue weighted by Crippen LogP contribution is -2.39. The number of aliphatic carboxylic acids is 1. The summed E-state index contributed by atoms with van der Waals surface area (Å²) >= 11 is 0. The zero-order valence-electron chi connectivity index (χ0n) is 10.3. The van der Waals surface area contributed by atoms with E-state index in [9.17, 15) is 22.8 Å². The molecule has 108 valence electrons. The quantitative estimate of drug-likeness (QED) is 0.805. The summed E-state index contributed by atoms with van der Waals surface area (Å²) in [5.74, 6) is -4.23. The monoisotopic (exact) mass is 280 g/mol. The van der Waals surface area contributed by atoms with Crippen LogP contribution in [-0.2, 0) is 14.3 Å². The van der Waals surface area contributed by atoms with Crippen LogP contribution in [0, 0.1) is 23.7 Å². The molecule has 5 unspecified atom stereocenters. The molecule has 2 bridgehead atoms. The molecule has 0 aromatic carbocycles. The molecule has 0 spiro atoms. The zero-order chi connectivity index (χ0) is 14.4. The van der Waals surface area contributed by atoms with Gasteiger partial charge in [0.2, 0.25) is 0 Å². The largest absolute Gasteiger partial charge is 0.481 e. The smallest absolute Gasteiger partial charge is 0.425 e. The molecule has 7 heteroatoms. The lowest BCUT2D eigenvalue weighted by Gasteiger charge is -2.28. The molecule has 0 aromatic heterocycles. The predicted molar refractivity (Wildman–Crippen MR) is 57.1 cm³/mol. The van der Waals surface area contributed by atoms with Gasteiger partial charge in [-0.05, 0) is 38.0 Å². The van der Waals surface area contributed by atoms with Crippen LogP contribution in [0.3, 0.4) is 0 Å². The van der Waals surface area contributed by atoms with Gasteiger partial charge in [0, 0.05) is 0 Å². The van der Waals surface area contributed by atoms with Crippen molar-refractivity contribution in [3.8, 4) is 0 Å². The molecule has 0 saturated heterocycles. The lowest BCUT2D eigenvalue weighted by molar-refractivity contribution is -0.220. The van der Waals surface area contributed by atoms with Gasteiger partial charge in [0.15, 0.2) is 6.10 Å². The first-order chi connectivity index (χ1) is 8.71. The minimum absolute atomic E-state index is 0.110. The molecule has 2 saturated carbocycles. The Bertz CT molecular complexity index is 393. The summed E-state index contributed by atoms with van der Waals surface area (Å²) < 4.78 is 41.4. The number of carboxylic acids is 1. The van der Waals surface area contributed by atoms with Crippen molar-refractivity contribution in [3.05, 3.63) is 0 Å². The Labute approximate surface area is 107 Å². The van der Waals surface area contributed by atoms with E-state index < -0.39 is 36.1 Å². The van der Waals surface area contributed by atoms with Gasteiger partial charge in [0.1, 0.15) is 0 Å². The third kappa shape index (κ3) is 2.55. The second kappa shape index (κ2) is 4.68. The number of halogens is 3. The average Bonchev–Trinajstić information content (AvgIpc) is 2.86. The van der Waals surface area contributed by atoms with E-state index in [4.69, 9.17) is 5.11 Å². The summed E-state index contributed by atoms with van der Waals surface area (Å²) in [7, 11) is 0. The van der Waals surface area contributed by atoms with Gasteiger partial charge in [-0.15, -0.1) is 0 Å². The molecule has 1 N–H and O–H groups in total. The van der Waals surface area contributed by atoms with E-state index in [1.54, 1.807) is 0 Å².